The average Bonchev–Trinajstić information content (AvgIpc) is 2.90. The minimum Gasteiger partial charge on any atom is -0.367 e. The predicted molar refractivity (Wildman–Crippen MR) is 73.2 cm³/mol. The molecule has 5 nitrogen and oxygen atoms in total. The number of benzene rings is 1. The van der Waals surface area contributed by atoms with Crippen LogP contribution in [0.4, 0.5) is 14.7 Å². The van der Waals surface area contributed by atoms with Crippen molar-refractivity contribution in [2.45, 2.75) is 6.92 Å². The summed E-state index contributed by atoms with van der Waals surface area (Å²) in [6.45, 7) is 1.80. The minimum atomic E-state index is -0.695. The molecule has 0 saturated carbocycles. The molecule has 0 spiro atoms. The van der Waals surface area contributed by atoms with Crippen LogP contribution < -0.4 is 5.73 Å². The number of aryl methyl sites for hydroxylation is 2. The van der Waals surface area contributed by atoms with Gasteiger partial charge >= 0.3 is 0 Å². The Labute approximate surface area is 119 Å². The van der Waals surface area contributed by atoms with Crippen molar-refractivity contribution in [2.75, 3.05) is 5.73 Å². The van der Waals surface area contributed by atoms with Crippen LogP contribution in [0.3, 0.4) is 0 Å². The van der Waals surface area contributed by atoms with Gasteiger partial charge < -0.3 is 10.3 Å². The molecule has 2 heterocycles. The van der Waals surface area contributed by atoms with Crippen molar-refractivity contribution >= 4 is 5.88 Å². The number of nitrogen functional groups attached to an aromatic ring is 1. The topological polar surface area (TPSA) is 69.9 Å². The number of nitrogens with zero attached hydrogens (tertiary/aromatic N) is 3. The second kappa shape index (κ2) is 4.69. The van der Waals surface area contributed by atoms with Crippen LogP contribution >= 0.6 is 0 Å². The number of aromatic nitrogens is 3. The van der Waals surface area contributed by atoms with Gasteiger partial charge in [0.15, 0.2) is 0 Å². The zero-order valence-corrected chi connectivity index (χ0v) is 11.4. The first-order valence-electron chi connectivity index (χ1n) is 6.18. The van der Waals surface area contributed by atoms with E-state index in [0.29, 0.717) is 22.5 Å². The normalized spacial score (nSPS) is 11.0. The second-order valence-electron chi connectivity index (χ2n) is 4.73. The molecule has 1 aromatic carbocycles. The fraction of sp³-hybridized carbons (Fsp3) is 0.143. The molecule has 0 aliphatic rings. The van der Waals surface area contributed by atoms with Gasteiger partial charge in [0, 0.05) is 24.9 Å². The molecule has 0 aliphatic carbocycles. The summed E-state index contributed by atoms with van der Waals surface area (Å²) < 4.78 is 33.5. The van der Waals surface area contributed by atoms with Gasteiger partial charge in [0.2, 0.25) is 5.88 Å². The SMILES string of the molecule is Cc1nn(C)cc1-c1noc(N)c1-c1cc(F)cc(F)c1. The molecule has 0 saturated heterocycles. The Kier molecular flexibility index (Phi) is 2.97. The third-order valence-electron chi connectivity index (χ3n) is 3.14. The Bertz CT molecular complexity index is 802. The Morgan fingerprint density at radius 1 is 1.19 bits per heavy atom. The fourth-order valence-corrected chi connectivity index (χ4v) is 2.30. The molecule has 0 unspecified atom stereocenters. The van der Waals surface area contributed by atoms with Crippen LogP contribution in [0, 0.1) is 18.6 Å². The van der Waals surface area contributed by atoms with Gasteiger partial charge in [-0.1, -0.05) is 5.16 Å². The summed E-state index contributed by atoms with van der Waals surface area (Å²) in [6, 6.07) is 3.16. The van der Waals surface area contributed by atoms with Crippen molar-refractivity contribution in [3.63, 3.8) is 0 Å². The monoisotopic (exact) mass is 290 g/mol. The van der Waals surface area contributed by atoms with E-state index in [2.05, 4.69) is 10.3 Å². The highest BCUT2D eigenvalue weighted by Crippen LogP contribution is 2.37. The summed E-state index contributed by atoms with van der Waals surface area (Å²) in [5, 5.41) is 8.11. The van der Waals surface area contributed by atoms with E-state index in [0.717, 1.165) is 6.07 Å². The first-order valence-corrected chi connectivity index (χ1v) is 6.18. The molecule has 3 aromatic rings. The van der Waals surface area contributed by atoms with E-state index < -0.39 is 11.6 Å². The van der Waals surface area contributed by atoms with Crippen molar-refractivity contribution in [2.24, 2.45) is 7.05 Å². The molecular weight excluding hydrogens is 278 g/mol. The highest BCUT2D eigenvalue weighted by molar-refractivity contribution is 5.87. The Hall–Kier alpha value is -2.70. The van der Waals surface area contributed by atoms with Gasteiger partial charge in [0.25, 0.3) is 0 Å². The van der Waals surface area contributed by atoms with E-state index in [9.17, 15) is 8.78 Å². The molecule has 0 atom stereocenters. The van der Waals surface area contributed by atoms with Gasteiger partial charge in [-0.3, -0.25) is 4.68 Å². The first-order chi connectivity index (χ1) is 9.95. The Morgan fingerprint density at radius 2 is 1.86 bits per heavy atom. The summed E-state index contributed by atoms with van der Waals surface area (Å²) in [6.07, 6.45) is 1.74. The number of halogens is 2. The zero-order chi connectivity index (χ0) is 15.1. The number of anilines is 1. The van der Waals surface area contributed by atoms with Gasteiger partial charge in [0.05, 0.1) is 11.3 Å². The van der Waals surface area contributed by atoms with Crippen LogP contribution in [0.5, 0.6) is 0 Å². The minimum absolute atomic E-state index is 0.00162. The maximum Gasteiger partial charge on any atom is 0.230 e. The third kappa shape index (κ3) is 2.26. The lowest BCUT2D eigenvalue weighted by Crippen LogP contribution is -1.90. The summed E-state index contributed by atoms with van der Waals surface area (Å²) >= 11 is 0. The van der Waals surface area contributed by atoms with E-state index in [1.807, 2.05) is 0 Å². The van der Waals surface area contributed by atoms with Crippen LogP contribution in [0.25, 0.3) is 22.4 Å². The highest BCUT2D eigenvalue weighted by atomic mass is 19.1. The van der Waals surface area contributed by atoms with Gasteiger partial charge in [-0.2, -0.15) is 5.10 Å². The maximum atomic E-state index is 13.4. The molecule has 0 amide bonds. The fourth-order valence-electron chi connectivity index (χ4n) is 2.30. The van der Waals surface area contributed by atoms with Crippen molar-refractivity contribution < 1.29 is 13.3 Å². The van der Waals surface area contributed by atoms with Crippen molar-refractivity contribution in [1.29, 1.82) is 0 Å². The first kappa shape index (κ1) is 13.3. The van der Waals surface area contributed by atoms with Crippen LogP contribution in [-0.4, -0.2) is 14.9 Å². The molecular formula is C14H12F2N4O. The summed E-state index contributed by atoms with van der Waals surface area (Å²) in [4.78, 5) is 0. The van der Waals surface area contributed by atoms with Crippen molar-refractivity contribution in [3.8, 4) is 22.4 Å². The molecule has 21 heavy (non-hydrogen) atoms. The number of hydrogen-bond donors (Lipinski definition) is 1. The van der Waals surface area contributed by atoms with Gasteiger partial charge in [-0.15, -0.1) is 0 Å². The third-order valence-corrected chi connectivity index (χ3v) is 3.14. The van der Waals surface area contributed by atoms with E-state index in [1.165, 1.54) is 12.1 Å². The Balaban J connectivity index is 2.24. The number of hydrogen-bond acceptors (Lipinski definition) is 4. The van der Waals surface area contributed by atoms with E-state index in [4.69, 9.17) is 10.3 Å². The quantitative estimate of drug-likeness (QED) is 0.787. The molecule has 3 rings (SSSR count). The molecule has 108 valence electrons. The largest absolute Gasteiger partial charge is 0.367 e. The van der Waals surface area contributed by atoms with Crippen LogP contribution in [0.15, 0.2) is 28.9 Å². The van der Waals surface area contributed by atoms with Crippen LogP contribution in [0.1, 0.15) is 5.69 Å². The highest BCUT2D eigenvalue weighted by Gasteiger charge is 2.21. The van der Waals surface area contributed by atoms with Crippen molar-refractivity contribution in [1.82, 2.24) is 14.9 Å². The van der Waals surface area contributed by atoms with E-state index in [1.54, 1.807) is 24.9 Å². The van der Waals surface area contributed by atoms with Crippen LogP contribution in [-0.2, 0) is 7.05 Å². The summed E-state index contributed by atoms with van der Waals surface area (Å²) in [5.74, 6) is -1.39. The smallest absolute Gasteiger partial charge is 0.230 e. The second-order valence-corrected chi connectivity index (χ2v) is 4.73. The standard InChI is InChI=1S/C14H12F2N4O/c1-7-11(6-20(2)18-7)13-12(14(17)21-19-13)8-3-9(15)5-10(16)4-8/h3-6H,17H2,1-2H3. The average molecular weight is 290 g/mol. The number of nitrogens with two attached hydrogens (primary N) is 1. The lowest BCUT2D eigenvalue weighted by molar-refractivity contribution is 0.439. The summed E-state index contributed by atoms with van der Waals surface area (Å²) in [5.41, 5.74) is 8.20. The van der Waals surface area contributed by atoms with Gasteiger partial charge in [-0.05, 0) is 24.6 Å². The van der Waals surface area contributed by atoms with E-state index >= 15 is 0 Å². The molecule has 0 aliphatic heterocycles. The lowest BCUT2D eigenvalue weighted by Gasteiger charge is -2.03. The van der Waals surface area contributed by atoms with Crippen LogP contribution in [0.2, 0.25) is 0 Å². The van der Waals surface area contributed by atoms with Gasteiger partial charge in [0.1, 0.15) is 17.3 Å². The molecule has 0 bridgehead atoms. The molecule has 2 N–H and O–H groups in total. The van der Waals surface area contributed by atoms with Crippen molar-refractivity contribution in [3.05, 3.63) is 41.7 Å². The molecule has 0 radical (unpaired) electrons. The predicted octanol–water partition coefficient (Wildman–Crippen LogP) is 2.91. The molecule has 0 fully saturated rings. The summed E-state index contributed by atoms with van der Waals surface area (Å²) in [7, 11) is 1.77. The zero-order valence-electron chi connectivity index (χ0n) is 11.4. The lowest BCUT2D eigenvalue weighted by atomic mass is 10.0. The van der Waals surface area contributed by atoms with Gasteiger partial charge in [-0.25, -0.2) is 8.78 Å². The Morgan fingerprint density at radius 3 is 2.43 bits per heavy atom. The number of rotatable bonds is 2. The maximum absolute atomic E-state index is 13.4. The van der Waals surface area contributed by atoms with E-state index in [-0.39, 0.29) is 11.4 Å². The molecule has 2 aromatic heterocycles. The molecule has 7 heteroatoms.